The van der Waals surface area contributed by atoms with Crippen LogP contribution >= 0.6 is 27.5 Å². The number of hydrogen-bond donors (Lipinski definition) is 0. The Morgan fingerprint density at radius 1 is 1.29 bits per heavy atom. The summed E-state index contributed by atoms with van der Waals surface area (Å²) in [5.74, 6) is 0.742. The molecule has 3 aromatic heterocycles. The second kappa shape index (κ2) is 4.09. The number of rotatable bonds is 1. The van der Waals surface area contributed by atoms with Crippen molar-refractivity contribution in [1.82, 2.24) is 19.7 Å². The lowest BCUT2D eigenvalue weighted by molar-refractivity contribution is 0.856. The van der Waals surface area contributed by atoms with Crippen LogP contribution < -0.4 is 0 Å². The molecule has 0 atom stereocenters. The standard InChI is InChI=1S/C11H6BrClN4/c12-9-2-1-3-11(15-9)17-6-7-5-14-10(13)4-8(7)16-17/h1-6H. The maximum Gasteiger partial charge on any atom is 0.154 e. The van der Waals surface area contributed by atoms with E-state index in [4.69, 9.17) is 11.6 Å². The lowest BCUT2D eigenvalue weighted by atomic mass is 10.3. The van der Waals surface area contributed by atoms with Crippen molar-refractivity contribution in [1.29, 1.82) is 0 Å². The van der Waals surface area contributed by atoms with Gasteiger partial charge in [0.1, 0.15) is 9.76 Å². The number of halogens is 2. The van der Waals surface area contributed by atoms with E-state index < -0.39 is 0 Å². The van der Waals surface area contributed by atoms with Crippen LogP contribution in [0.5, 0.6) is 0 Å². The van der Waals surface area contributed by atoms with Crippen molar-refractivity contribution >= 4 is 38.4 Å². The van der Waals surface area contributed by atoms with Gasteiger partial charge in [0.25, 0.3) is 0 Å². The molecule has 0 saturated carbocycles. The fraction of sp³-hybridized carbons (Fsp3) is 0. The van der Waals surface area contributed by atoms with Gasteiger partial charge in [-0.15, -0.1) is 0 Å². The van der Waals surface area contributed by atoms with Gasteiger partial charge in [0.2, 0.25) is 0 Å². The summed E-state index contributed by atoms with van der Waals surface area (Å²) in [6, 6.07) is 7.38. The molecule has 0 saturated heterocycles. The molecule has 0 unspecified atom stereocenters. The van der Waals surface area contributed by atoms with Crippen LogP contribution in [0, 0.1) is 0 Å². The van der Waals surface area contributed by atoms with Gasteiger partial charge in [0, 0.05) is 23.8 Å². The third-order valence-corrected chi connectivity index (χ3v) is 2.94. The van der Waals surface area contributed by atoms with Crippen molar-refractivity contribution in [2.75, 3.05) is 0 Å². The maximum atomic E-state index is 5.82. The minimum absolute atomic E-state index is 0.435. The van der Waals surface area contributed by atoms with Crippen molar-refractivity contribution in [3.63, 3.8) is 0 Å². The molecule has 0 aliphatic heterocycles. The Bertz CT molecular complexity index is 695. The first-order valence-electron chi connectivity index (χ1n) is 4.86. The number of fused-ring (bicyclic) bond motifs is 1. The second-order valence-electron chi connectivity index (χ2n) is 3.46. The SMILES string of the molecule is Clc1cc2nn(-c3cccc(Br)n3)cc2cn1. The summed E-state index contributed by atoms with van der Waals surface area (Å²) in [6.07, 6.45) is 3.56. The van der Waals surface area contributed by atoms with E-state index in [1.807, 2.05) is 24.4 Å². The highest BCUT2D eigenvalue weighted by Gasteiger charge is 2.05. The number of hydrogen-bond acceptors (Lipinski definition) is 3. The largest absolute Gasteiger partial charge is 0.244 e. The van der Waals surface area contributed by atoms with Crippen LogP contribution in [0.2, 0.25) is 5.15 Å². The summed E-state index contributed by atoms with van der Waals surface area (Å²) >= 11 is 9.14. The summed E-state index contributed by atoms with van der Waals surface area (Å²) in [7, 11) is 0. The molecule has 0 aliphatic carbocycles. The quantitative estimate of drug-likeness (QED) is 0.648. The van der Waals surface area contributed by atoms with Gasteiger partial charge in [-0.05, 0) is 28.1 Å². The molecule has 0 aromatic carbocycles. The van der Waals surface area contributed by atoms with Crippen molar-refractivity contribution in [3.05, 3.63) is 46.4 Å². The Morgan fingerprint density at radius 3 is 3.00 bits per heavy atom. The van der Waals surface area contributed by atoms with Crippen molar-refractivity contribution < 1.29 is 0 Å². The molecular weight excluding hydrogens is 304 g/mol. The van der Waals surface area contributed by atoms with Gasteiger partial charge in [-0.1, -0.05) is 17.7 Å². The van der Waals surface area contributed by atoms with Gasteiger partial charge >= 0.3 is 0 Å². The van der Waals surface area contributed by atoms with Gasteiger partial charge in [0.05, 0.1) is 5.52 Å². The first-order chi connectivity index (χ1) is 8.22. The molecule has 0 spiro atoms. The Labute approximate surface area is 110 Å². The maximum absolute atomic E-state index is 5.82. The lowest BCUT2D eigenvalue weighted by Crippen LogP contribution is -1.97. The van der Waals surface area contributed by atoms with Gasteiger partial charge in [0.15, 0.2) is 5.82 Å². The molecule has 0 bridgehead atoms. The Kier molecular flexibility index (Phi) is 2.57. The molecule has 3 heterocycles. The number of nitrogens with zero attached hydrogens (tertiary/aromatic N) is 4. The number of aromatic nitrogens is 4. The first kappa shape index (κ1) is 10.7. The van der Waals surface area contributed by atoms with Crippen LogP contribution in [0.25, 0.3) is 16.7 Å². The molecular formula is C11H6BrClN4. The summed E-state index contributed by atoms with van der Waals surface area (Å²) in [5, 5.41) is 5.76. The van der Waals surface area contributed by atoms with E-state index in [0.717, 1.165) is 21.3 Å². The Morgan fingerprint density at radius 2 is 2.18 bits per heavy atom. The zero-order chi connectivity index (χ0) is 11.8. The van der Waals surface area contributed by atoms with Crippen LogP contribution in [0.4, 0.5) is 0 Å². The van der Waals surface area contributed by atoms with Crippen LogP contribution in [0.15, 0.2) is 41.3 Å². The average molecular weight is 310 g/mol. The molecule has 0 aliphatic rings. The molecule has 17 heavy (non-hydrogen) atoms. The Hall–Kier alpha value is -1.46. The monoisotopic (exact) mass is 308 g/mol. The van der Waals surface area contributed by atoms with E-state index in [-0.39, 0.29) is 0 Å². The summed E-state index contributed by atoms with van der Waals surface area (Å²) in [6.45, 7) is 0. The van der Waals surface area contributed by atoms with Gasteiger partial charge in [-0.25, -0.2) is 14.6 Å². The fourth-order valence-electron chi connectivity index (χ4n) is 1.54. The summed E-state index contributed by atoms with van der Waals surface area (Å²) in [4.78, 5) is 8.34. The molecule has 0 radical (unpaired) electrons. The summed E-state index contributed by atoms with van der Waals surface area (Å²) < 4.78 is 2.47. The lowest BCUT2D eigenvalue weighted by Gasteiger charge is -1.99. The molecule has 0 N–H and O–H groups in total. The van der Waals surface area contributed by atoms with E-state index in [1.54, 1.807) is 16.9 Å². The molecule has 3 aromatic rings. The second-order valence-corrected chi connectivity index (χ2v) is 4.66. The normalized spacial score (nSPS) is 10.9. The van der Waals surface area contributed by atoms with Gasteiger partial charge < -0.3 is 0 Å². The van der Waals surface area contributed by atoms with E-state index in [2.05, 4.69) is 31.0 Å². The van der Waals surface area contributed by atoms with Crippen LogP contribution in [-0.2, 0) is 0 Å². The predicted octanol–water partition coefficient (Wildman–Crippen LogP) is 3.23. The fourth-order valence-corrected chi connectivity index (χ4v) is 2.02. The van der Waals surface area contributed by atoms with Gasteiger partial charge in [-0.2, -0.15) is 5.10 Å². The highest BCUT2D eigenvalue weighted by Crippen LogP contribution is 2.17. The van der Waals surface area contributed by atoms with Crippen molar-refractivity contribution in [2.45, 2.75) is 0 Å². The van der Waals surface area contributed by atoms with Crippen LogP contribution in [0.1, 0.15) is 0 Å². The number of pyridine rings is 2. The third kappa shape index (κ3) is 2.03. The predicted molar refractivity (Wildman–Crippen MR) is 69.4 cm³/mol. The van der Waals surface area contributed by atoms with E-state index in [9.17, 15) is 0 Å². The molecule has 0 fully saturated rings. The minimum Gasteiger partial charge on any atom is -0.244 e. The third-order valence-electron chi connectivity index (χ3n) is 2.29. The van der Waals surface area contributed by atoms with E-state index >= 15 is 0 Å². The highest BCUT2D eigenvalue weighted by atomic mass is 79.9. The van der Waals surface area contributed by atoms with Crippen molar-refractivity contribution in [3.8, 4) is 5.82 Å². The smallest absolute Gasteiger partial charge is 0.154 e. The molecule has 3 rings (SSSR count). The summed E-state index contributed by atoms with van der Waals surface area (Å²) in [5.41, 5.74) is 0.798. The zero-order valence-corrected chi connectivity index (χ0v) is 10.9. The van der Waals surface area contributed by atoms with Crippen LogP contribution in [0.3, 0.4) is 0 Å². The highest BCUT2D eigenvalue weighted by molar-refractivity contribution is 9.10. The Balaban J connectivity index is 2.18. The van der Waals surface area contributed by atoms with E-state index in [1.165, 1.54) is 0 Å². The zero-order valence-electron chi connectivity index (χ0n) is 8.51. The molecule has 6 heteroatoms. The molecule has 84 valence electrons. The minimum atomic E-state index is 0.435. The molecule has 4 nitrogen and oxygen atoms in total. The topological polar surface area (TPSA) is 43.6 Å². The molecule has 0 amide bonds. The first-order valence-corrected chi connectivity index (χ1v) is 6.03. The van der Waals surface area contributed by atoms with Crippen molar-refractivity contribution in [2.24, 2.45) is 0 Å². The van der Waals surface area contributed by atoms with Gasteiger partial charge in [-0.3, -0.25) is 0 Å². The van der Waals surface area contributed by atoms with Crippen LogP contribution in [-0.4, -0.2) is 19.7 Å². The average Bonchev–Trinajstić information content (AvgIpc) is 2.72. The van der Waals surface area contributed by atoms with E-state index in [0.29, 0.717) is 5.15 Å².